The van der Waals surface area contributed by atoms with Gasteiger partial charge in [0.15, 0.2) is 0 Å². The monoisotopic (exact) mass is 199 g/mol. The summed E-state index contributed by atoms with van der Waals surface area (Å²) >= 11 is 5.96. The van der Waals surface area contributed by atoms with Crippen LogP contribution in [0.3, 0.4) is 0 Å². The van der Waals surface area contributed by atoms with Crippen LogP contribution < -0.4 is 5.32 Å². The van der Waals surface area contributed by atoms with Crippen molar-refractivity contribution in [2.24, 2.45) is 0 Å². The van der Waals surface area contributed by atoms with Gasteiger partial charge in [0.2, 0.25) is 0 Å². The van der Waals surface area contributed by atoms with Crippen LogP contribution in [0.2, 0.25) is 5.02 Å². The van der Waals surface area contributed by atoms with E-state index in [0.29, 0.717) is 6.61 Å². The fourth-order valence-electron chi connectivity index (χ4n) is 1.00. The van der Waals surface area contributed by atoms with Gasteiger partial charge in [-0.05, 0) is 24.6 Å². The molecule has 0 radical (unpaired) electrons. The van der Waals surface area contributed by atoms with Gasteiger partial charge < -0.3 is 10.1 Å². The molecule has 0 saturated carbocycles. The molecule has 0 aliphatic rings. The van der Waals surface area contributed by atoms with Crippen molar-refractivity contribution in [2.75, 3.05) is 25.6 Å². The first kappa shape index (κ1) is 10.4. The van der Waals surface area contributed by atoms with Gasteiger partial charge in [-0.2, -0.15) is 0 Å². The number of nitrogens with one attached hydrogen (secondary N) is 1. The van der Waals surface area contributed by atoms with E-state index in [-0.39, 0.29) is 0 Å². The zero-order chi connectivity index (χ0) is 9.68. The SMILES string of the molecule is COCCNc1ccc(C)c(Cl)c1. The summed E-state index contributed by atoms with van der Waals surface area (Å²) in [7, 11) is 1.68. The standard InChI is InChI=1S/C10H14ClNO/c1-8-3-4-9(7-10(8)11)12-5-6-13-2/h3-4,7,12H,5-6H2,1-2H3. The lowest BCUT2D eigenvalue weighted by Gasteiger charge is -2.06. The highest BCUT2D eigenvalue weighted by atomic mass is 35.5. The first-order valence-electron chi connectivity index (χ1n) is 4.23. The van der Waals surface area contributed by atoms with Gasteiger partial charge in [0.25, 0.3) is 0 Å². The molecule has 0 aromatic heterocycles. The van der Waals surface area contributed by atoms with Crippen LogP contribution in [0.4, 0.5) is 5.69 Å². The van der Waals surface area contributed by atoms with Crippen molar-refractivity contribution in [1.29, 1.82) is 0 Å². The number of benzene rings is 1. The maximum Gasteiger partial charge on any atom is 0.0635 e. The molecule has 0 aliphatic carbocycles. The summed E-state index contributed by atoms with van der Waals surface area (Å²) in [5, 5.41) is 4.00. The average molecular weight is 200 g/mol. The number of halogens is 1. The Bertz CT molecular complexity index is 276. The van der Waals surface area contributed by atoms with Crippen LogP contribution in [0, 0.1) is 6.92 Å². The topological polar surface area (TPSA) is 21.3 Å². The van der Waals surface area contributed by atoms with Crippen LogP contribution in [-0.2, 0) is 4.74 Å². The highest BCUT2D eigenvalue weighted by Crippen LogP contribution is 2.19. The Balaban J connectivity index is 2.53. The van der Waals surface area contributed by atoms with E-state index in [2.05, 4.69) is 5.32 Å². The number of rotatable bonds is 4. The maximum atomic E-state index is 5.96. The molecule has 1 rings (SSSR count). The third kappa shape index (κ3) is 3.25. The third-order valence-electron chi connectivity index (χ3n) is 1.81. The Labute approximate surface area is 83.9 Å². The van der Waals surface area contributed by atoms with Gasteiger partial charge in [0.1, 0.15) is 0 Å². The largest absolute Gasteiger partial charge is 0.383 e. The predicted molar refractivity (Wildman–Crippen MR) is 56.6 cm³/mol. The molecule has 0 aliphatic heterocycles. The van der Waals surface area contributed by atoms with Crippen LogP contribution in [0.5, 0.6) is 0 Å². The summed E-state index contributed by atoms with van der Waals surface area (Å²) < 4.78 is 4.92. The van der Waals surface area contributed by atoms with Crippen LogP contribution in [0.15, 0.2) is 18.2 Å². The lowest BCUT2D eigenvalue weighted by molar-refractivity contribution is 0.211. The first-order valence-corrected chi connectivity index (χ1v) is 4.61. The van der Waals surface area contributed by atoms with Crippen LogP contribution in [0.25, 0.3) is 0 Å². The lowest BCUT2D eigenvalue weighted by atomic mass is 10.2. The van der Waals surface area contributed by atoms with Crippen LogP contribution in [-0.4, -0.2) is 20.3 Å². The van der Waals surface area contributed by atoms with Gasteiger partial charge in [-0.25, -0.2) is 0 Å². The van der Waals surface area contributed by atoms with Crippen molar-refractivity contribution >= 4 is 17.3 Å². The van der Waals surface area contributed by atoms with Crippen molar-refractivity contribution in [1.82, 2.24) is 0 Å². The van der Waals surface area contributed by atoms with Gasteiger partial charge >= 0.3 is 0 Å². The Morgan fingerprint density at radius 3 is 2.85 bits per heavy atom. The molecule has 2 nitrogen and oxygen atoms in total. The minimum atomic E-state index is 0.700. The molecule has 1 aromatic rings. The van der Waals surface area contributed by atoms with Crippen molar-refractivity contribution in [3.63, 3.8) is 0 Å². The summed E-state index contributed by atoms with van der Waals surface area (Å²) in [4.78, 5) is 0. The summed E-state index contributed by atoms with van der Waals surface area (Å²) in [5.41, 5.74) is 2.13. The van der Waals surface area contributed by atoms with E-state index in [1.54, 1.807) is 7.11 Å². The molecule has 1 N–H and O–H groups in total. The zero-order valence-corrected chi connectivity index (χ0v) is 8.69. The third-order valence-corrected chi connectivity index (χ3v) is 2.21. The second kappa shape index (κ2) is 5.10. The molecule has 0 amide bonds. The molecule has 72 valence electrons. The lowest BCUT2D eigenvalue weighted by Crippen LogP contribution is -2.07. The fraction of sp³-hybridized carbons (Fsp3) is 0.400. The van der Waals surface area contributed by atoms with E-state index >= 15 is 0 Å². The van der Waals surface area contributed by atoms with E-state index in [1.807, 2.05) is 25.1 Å². The number of anilines is 1. The number of aryl methyl sites for hydroxylation is 1. The Morgan fingerprint density at radius 2 is 2.23 bits per heavy atom. The fourth-order valence-corrected chi connectivity index (χ4v) is 1.18. The summed E-state index contributed by atoms with van der Waals surface area (Å²) in [5.74, 6) is 0. The Morgan fingerprint density at radius 1 is 1.46 bits per heavy atom. The minimum absolute atomic E-state index is 0.700. The van der Waals surface area contributed by atoms with Crippen LogP contribution in [0.1, 0.15) is 5.56 Å². The van der Waals surface area contributed by atoms with Gasteiger partial charge in [-0.1, -0.05) is 17.7 Å². The first-order chi connectivity index (χ1) is 6.24. The number of hydrogen-bond acceptors (Lipinski definition) is 2. The summed E-state index contributed by atoms with van der Waals surface area (Å²) in [6.07, 6.45) is 0. The molecule has 0 atom stereocenters. The number of methoxy groups -OCH3 is 1. The molecule has 0 unspecified atom stereocenters. The number of hydrogen-bond donors (Lipinski definition) is 1. The molecule has 13 heavy (non-hydrogen) atoms. The van der Waals surface area contributed by atoms with E-state index in [0.717, 1.165) is 22.8 Å². The number of ether oxygens (including phenoxy) is 1. The average Bonchev–Trinajstić information content (AvgIpc) is 2.12. The quantitative estimate of drug-likeness (QED) is 0.753. The van der Waals surface area contributed by atoms with E-state index in [9.17, 15) is 0 Å². The van der Waals surface area contributed by atoms with Gasteiger partial charge in [0.05, 0.1) is 6.61 Å². The summed E-state index contributed by atoms with van der Waals surface area (Å²) in [6, 6.07) is 5.93. The van der Waals surface area contributed by atoms with Gasteiger partial charge in [0, 0.05) is 24.4 Å². The van der Waals surface area contributed by atoms with Crippen LogP contribution >= 0.6 is 11.6 Å². The maximum absolute atomic E-state index is 5.96. The highest BCUT2D eigenvalue weighted by molar-refractivity contribution is 6.31. The molecule has 0 saturated heterocycles. The van der Waals surface area contributed by atoms with Gasteiger partial charge in [-0.15, -0.1) is 0 Å². The molecule has 0 bridgehead atoms. The Kier molecular flexibility index (Phi) is 4.06. The highest BCUT2D eigenvalue weighted by Gasteiger charge is 1.96. The van der Waals surface area contributed by atoms with Crippen molar-refractivity contribution in [3.05, 3.63) is 28.8 Å². The second-order valence-corrected chi connectivity index (χ2v) is 3.29. The zero-order valence-electron chi connectivity index (χ0n) is 7.93. The molecule has 0 spiro atoms. The second-order valence-electron chi connectivity index (χ2n) is 2.88. The van der Waals surface area contributed by atoms with Crippen molar-refractivity contribution < 1.29 is 4.74 Å². The molecular formula is C10H14ClNO. The molecule has 3 heteroatoms. The van der Waals surface area contributed by atoms with Crippen molar-refractivity contribution in [3.8, 4) is 0 Å². The minimum Gasteiger partial charge on any atom is -0.383 e. The van der Waals surface area contributed by atoms with E-state index in [4.69, 9.17) is 16.3 Å². The molecular weight excluding hydrogens is 186 g/mol. The Hall–Kier alpha value is -0.730. The predicted octanol–water partition coefficient (Wildman–Crippen LogP) is 2.71. The normalized spacial score (nSPS) is 10.1. The van der Waals surface area contributed by atoms with Crippen molar-refractivity contribution in [2.45, 2.75) is 6.92 Å². The molecule has 0 fully saturated rings. The smallest absolute Gasteiger partial charge is 0.0635 e. The summed E-state index contributed by atoms with van der Waals surface area (Å²) in [6.45, 7) is 3.49. The van der Waals surface area contributed by atoms with Gasteiger partial charge in [-0.3, -0.25) is 0 Å². The molecule has 0 heterocycles. The van der Waals surface area contributed by atoms with E-state index in [1.165, 1.54) is 0 Å². The van der Waals surface area contributed by atoms with E-state index < -0.39 is 0 Å². The molecule has 1 aromatic carbocycles.